The van der Waals surface area contributed by atoms with Gasteiger partial charge in [-0.15, -0.1) is 10.2 Å². The maximum Gasteiger partial charge on any atom is 0.196 e. The zero-order chi connectivity index (χ0) is 21.9. The van der Waals surface area contributed by atoms with Crippen LogP contribution >= 0.6 is 23.4 Å². The molecule has 9 heteroatoms. The van der Waals surface area contributed by atoms with Crippen molar-refractivity contribution in [2.75, 3.05) is 20.3 Å². The highest BCUT2D eigenvalue weighted by molar-refractivity contribution is 7.98. The largest absolute Gasteiger partial charge is 0.497 e. The Morgan fingerprint density at radius 1 is 1.03 bits per heavy atom. The fourth-order valence-corrected chi connectivity index (χ4v) is 4.58. The van der Waals surface area contributed by atoms with E-state index >= 15 is 0 Å². The molecule has 7 nitrogen and oxygen atoms in total. The van der Waals surface area contributed by atoms with Crippen LogP contribution in [0.15, 0.2) is 66.1 Å². The Hall–Kier alpha value is -3.23. The third kappa shape index (κ3) is 4.11. The first-order chi connectivity index (χ1) is 15.7. The minimum Gasteiger partial charge on any atom is -0.497 e. The first-order valence-electron chi connectivity index (χ1n) is 9.94. The van der Waals surface area contributed by atoms with E-state index in [1.54, 1.807) is 31.3 Å². The SMILES string of the molecule is COc1ccc(-n2c(SCc3cc(Cl)c4c(c3)OCCO4)nnc2-c2ccncc2)cc1. The van der Waals surface area contributed by atoms with E-state index < -0.39 is 0 Å². The van der Waals surface area contributed by atoms with Crippen LogP contribution in [0.1, 0.15) is 5.56 Å². The molecule has 0 saturated carbocycles. The summed E-state index contributed by atoms with van der Waals surface area (Å²) in [5.74, 6) is 3.44. The second-order valence-corrected chi connectivity index (χ2v) is 8.32. The summed E-state index contributed by atoms with van der Waals surface area (Å²) in [4.78, 5) is 4.11. The highest BCUT2D eigenvalue weighted by atomic mass is 35.5. The summed E-state index contributed by atoms with van der Waals surface area (Å²) in [6, 6.07) is 15.5. The van der Waals surface area contributed by atoms with Gasteiger partial charge in [-0.1, -0.05) is 23.4 Å². The van der Waals surface area contributed by atoms with Gasteiger partial charge in [0.05, 0.1) is 12.1 Å². The Labute approximate surface area is 194 Å². The van der Waals surface area contributed by atoms with Crippen LogP contribution in [0.5, 0.6) is 17.2 Å². The fourth-order valence-electron chi connectivity index (χ4n) is 3.41. The molecule has 162 valence electrons. The van der Waals surface area contributed by atoms with Crippen LogP contribution in [0.2, 0.25) is 5.02 Å². The van der Waals surface area contributed by atoms with E-state index in [-0.39, 0.29) is 0 Å². The lowest BCUT2D eigenvalue weighted by Crippen LogP contribution is -2.15. The van der Waals surface area contributed by atoms with Crippen LogP contribution in [0.3, 0.4) is 0 Å². The molecule has 32 heavy (non-hydrogen) atoms. The summed E-state index contributed by atoms with van der Waals surface area (Å²) in [6.07, 6.45) is 3.48. The van der Waals surface area contributed by atoms with Crippen molar-refractivity contribution >= 4 is 23.4 Å². The molecule has 1 aliphatic heterocycles. The van der Waals surface area contributed by atoms with Crippen LogP contribution in [0.25, 0.3) is 17.1 Å². The summed E-state index contributed by atoms with van der Waals surface area (Å²) in [6.45, 7) is 1.02. The first kappa shape index (κ1) is 20.7. The molecule has 2 aromatic carbocycles. The number of hydrogen-bond donors (Lipinski definition) is 0. The van der Waals surface area contributed by atoms with Gasteiger partial charge in [-0.2, -0.15) is 0 Å². The molecule has 1 aliphatic rings. The number of fused-ring (bicyclic) bond motifs is 1. The molecule has 3 heterocycles. The third-order valence-corrected chi connectivity index (χ3v) is 6.21. The monoisotopic (exact) mass is 466 g/mol. The summed E-state index contributed by atoms with van der Waals surface area (Å²) in [5, 5.41) is 10.2. The van der Waals surface area contributed by atoms with Gasteiger partial charge >= 0.3 is 0 Å². The number of ether oxygens (including phenoxy) is 3. The van der Waals surface area contributed by atoms with Crippen LogP contribution in [0, 0.1) is 0 Å². The van der Waals surface area contributed by atoms with E-state index in [2.05, 4.69) is 15.2 Å². The number of halogens is 1. The predicted molar refractivity (Wildman–Crippen MR) is 123 cm³/mol. The van der Waals surface area contributed by atoms with Gasteiger partial charge in [0.2, 0.25) is 0 Å². The number of methoxy groups -OCH3 is 1. The van der Waals surface area contributed by atoms with Crippen LogP contribution in [-0.2, 0) is 5.75 Å². The Morgan fingerprint density at radius 2 is 1.81 bits per heavy atom. The van der Waals surface area contributed by atoms with Crippen LogP contribution < -0.4 is 14.2 Å². The molecular weight excluding hydrogens is 448 g/mol. The van der Waals surface area contributed by atoms with E-state index in [1.807, 2.05) is 53.1 Å². The molecule has 0 bridgehead atoms. The third-order valence-electron chi connectivity index (χ3n) is 4.93. The molecule has 5 rings (SSSR count). The van der Waals surface area contributed by atoms with Crippen molar-refractivity contribution < 1.29 is 14.2 Å². The summed E-state index contributed by atoms with van der Waals surface area (Å²) in [5.41, 5.74) is 2.88. The summed E-state index contributed by atoms with van der Waals surface area (Å²) in [7, 11) is 1.65. The van der Waals surface area contributed by atoms with E-state index in [0.717, 1.165) is 33.5 Å². The highest BCUT2D eigenvalue weighted by Gasteiger charge is 2.19. The Balaban J connectivity index is 1.49. The van der Waals surface area contributed by atoms with Crippen molar-refractivity contribution in [1.29, 1.82) is 0 Å². The van der Waals surface area contributed by atoms with Gasteiger partial charge < -0.3 is 14.2 Å². The van der Waals surface area contributed by atoms with E-state index in [9.17, 15) is 0 Å². The molecule has 4 aromatic rings. The average molecular weight is 467 g/mol. The molecule has 0 unspecified atom stereocenters. The number of pyridine rings is 1. The van der Waals surface area contributed by atoms with Crippen molar-refractivity contribution in [3.05, 3.63) is 71.5 Å². The summed E-state index contributed by atoms with van der Waals surface area (Å²) < 4.78 is 18.7. The van der Waals surface area contributed by atoms with E-state index in [1.165, 1.54) is 0 Å². The zero-order valence-corrected chi connectivity index (χ0v) is 18.8. The van der Waals surface area contributed by atoms with Crippen molar-refractivity contribution in [3.8, 4) is 34.3 Å². The van der Waals surface area contributed by atoms with Crippen LogP contribution in [-0.4, -0.2) is 40.1 Å². The Kier molecular flexibility index (Phi) is 5.87. The maximum atomic E-state index is 6.40. The van der Waals surface area contributed by atoms with Crippen LogP contribution in [0.4, 0.5) is 0 Å². The minimum atomic E-state index is 0.504. The quantitative estimate of drug-likeness (QED) is 0.368. The Bertz CT molecular complexity index is 1230. The van der Waals surface area contributed by atoms with Gasteiger partial charge in [-0.3, -0.25) is 9.55 Å². The van der Waals surface area contributed by atoms with Gasteiger partial charge in [0.25, 0.3) is 0 Å². The molecule has 0 fully saturated rings. The second-order valence-electron chi connectivity index (χ2n) is 6.97. The molecule has 2 aromatic heterocycles. The Morgan fingerprint density at radius 3 is 2.59 bits per heavy atom. The minimum absolute atomic E-state index is 0.504. The summed E-state index contributed by atoms with van der Waals surface area (Å²) >= 11 is 7.97. The van der Waals surface area contributed by atoms with Gasteiger partial charge in [-0.25, -0.2) is 0 Å². The van der Waals surface area contributed by atoms with Gasteiger partial charge in [0.15, 0.2) is 22.5 Å². The standard InChI is InChI=1S/C23H19ClN4O3S/c1-29-18-4-2-17(3-5-18)28-22(16-6-8-25-9-7-16)26-27-23(28)32-14-15-12-19(24)21-20(13-15)30-10-11-31-21/h2-9,12-13H,10-11,14H2,1H3. The van der Waals surface area contributed by atoms with E-state index in [4.69, 9.17) is 25.8 Å². The van der Waals surface area contributed by atoms with E-state index in [0.29, 0.717) is 35.5 Å². The van der Waals surface area contributed by atoms with Crippen molar-refractivity contribution in [2.24, 2.45) is 0 Å². The van der Waals surface area contributed by atoms with Crippen molar-refractivity contribution in [2.45, 2.75) is 10.9 Å². The molecule has 0 amide bonds. The van der Waals surface area contributed by atoms with Crippen molar-refractivity contribution in [1.82, 2.24) is 19.7 Å². The lowest BCUT2D eigenvalue weighted by atomic mass is 10.2. The molecule has 0 spiro atoms. The smallest absolute Gasteiger partial charge is 0.196 e. The van der Waals surface area contributed by atoms with Crippen molar-refractivity contribution in [3.63, 3.8) is 0 Å². The number of thioether (sulfide) groups is 1. The average Bonchev–Trinajstić information content (AvgIpc) is 3.27. The molecule has 0 atom stereocenters. The molecule has 0 N–H and O–H groups in total. The normalized spacial score (nSPS) is 12.6. The van der Waals surface area contributed by atoms with Gasteiger partial charge in [-0.05, 0) is 54.1 Å². The lowest BCUT2D eigenvalue weighted by Gasteiger charge is -2.20. The topological polar surface area (TPSA) is 71.3 Å². The first-order valence-corrected chi connectivity index (χ1v) is 11.3. The second kappa shape index (κ2) is 9.10. The molecule has 0 radical (unpaired) electrons. The van der Waals surface area contributed by atoms with Gasteiger partial charge in [0.1, 0.15) is 19.0 Å². The number of aromatic nitrogens is 4. The number of hydrogen-bond acceptors (Lipinski definition) is 7. The molecule has 0 aliphatic carbocycles. The molecular formula is C23H19ClN4O3S. The number of rotatable bonds is 6. The maximum absolute atomic E-state index is 6.40. The number of benzene rings is 2. The highest BCUT2D eigenvalue weighted by Crippen LogP contribution is 2.40. The predicted octanol–water partition coefficient (Wildman–Crippen LogP) is 5.05. The number of nitrogens with zero attached hydrogens (tertiary/aromatic N) is 4. The fraction of sp³-hybridized carbons (Fsp3) is 0.174. The zero-order valence-electron chi connectivity index (χ0n) is 17.2. The lowest BCUT2D eigenvalue weighted by molar-refractivity contribution is 0.171. The molecule has 0 saturated heterocycles. The van der Waals surface area contributed by atoms with Gasteiger partial charge in [0, 0.05) is 29.4 Å².